The SMILES string of the molecule is CC(CCNC(=O)C1CSc2ccccc21)C(=O)O. The Balaban J connectivity index is 1.87. The van der Waals surface area contributed by atoms with Gasteiger partial charge in [-0.2, -0.15) is 0 Å². The molecule has 19 heavy (non-hydrogen) atoms. The van der Waals surface area contributed by atoms with Crippen LogP contribution in [0.25, 0.3) is 0 Å². The molecule has 1 heterocycles. The number of carbonyl (C=O) groups excluding carboxylic acids is 1. The van der Waals surface area contributed by atoms with Crippen molar-refractivity contribution in [2.24, 2.45) is 5.92 Å². The molecule has 1 aliphatic rings. The van der Waals surface area contributed by atoms with E-state index in [0.717, 1.165) is 11.3 Å². The van der Waals surface area contributed by atoms with Gasteiger partial charge in [0.05, 0.1) is 11.8 Å². The zero-order chi connectivity index (χ0) is 13.8. The number of benzene rings is 1. The van der Waals surface area contributed by atoms with Crippen LogP contribution in [0.3, 0.4) is 0 Å². The highest BCUT2D eigenvalue weighted by Gasteiger charge is 2.28. The topological polar surface area (TPSA) is 66.4 Å². The van der Waals surface area contributed by atoms with E-state index >= 15 is 0 Å². The molecule has 1 aromatic carbocycles. The lowest BCUT2D eigenvalue weighted by molar-refractivity contribution is -0.141. The number of amides is 1. The van der Waals surface area contributed by atoms with Crippen molar-refractivity contribution >= 4 is 23.6 Å². The molecular formula is C14H17NO3S. The Hall–Kier alpha value is -1.49. The molecule has 1 aromatic rings. The third-order valence-electron chi connectivity index (χ3n) is 3.31. The van der Waals surface area contributed by atoms with E-state index in [-0.39, 0.29) is 11.8 Å². The average Bonchev–Trinajstić information content (AvgIpc) is 2.82. The van der Waals surface area contributed by atoms with Gasteiger partial charge < -0.3 is 10.4 Å². The maximum atomic E-state index is 12.1. The Morgan fingerprint density at radius 2 is 2.21 bits per heavy atom. The van der Waals surface area contributed by atoms with E-state index in [1.54, 1.807) is 18.7 Å². The van der Waals surface area contributed by atoms with Crippen LogP contribution < -0.4 is 5.32 Å². The normalized spacial score (nSPS) is 18.7. The van der Waals surface area contributed by atoms with Crippen LogP contribution in [0.4, 0.5) is 0 Å². The van der Waals surface area contributed by atoms with Crippen LogP contribution in [0, 0.1) is 5.92 Å². The Morgan fingerprint density at radius 3 is 2.95 bits per heavy atom. The number of carboxylic acid groups (broad SMARTS) is 1. The molecule has 0 spiro atoms. The van der Waals surface area contributed by atoms with Crippen molar-refractivity contribution in [2.75, 3.05) is 12.3 Å². The summed E-state index contributed by atoms with van der Waals surface area (Å²) < 4.78 is 0. The first kappa shape index (κ1) is 13.9. The molecule has 2 rings (SSSR count). The predicted octanol–water partition coefficient (Wildman–Crippen LogP) is 2.10. The van der Waals surface area contributed by atoms with Gasteiger partial charge in [-0.05, 0) is 18.1 Å². The number of carboxylic acids is 1. The molecule has 0 aromatic heterocycles. The number of hydrogen-bond donors (Lipinski definition) is 2. The Labute approximate surface area is 116 Å². The standard InChI is InChI=1S/C14H17NO3S/c1-9(14(17)18)6-7-15-13(16)11-8-19-12-5-3-2-4-10(11)12/h2-5,9,11H,6-8H2,1H3,(H,15,16)(H,17,18). The van der Waals surface area contributed by atoms with Crippen LogP contribution in [-0.4, -0.2) is 29.3 Å². The lowest BCUT2D eigenvalue weighted by Gasteiger charge is -2.12. The van der Waals surface area contributed by atoms with Gasteiger partial charge in [-0.25, -0.2) is 0 Å². The molecule has 1 amide bonds. The van der Waals surface area contributed by atoms with Crippen molar-refractivity contribution in [1.82, 2.24) is 5.32 Å². The summed E-state index contributed by atoms with van der Waals surface area (Å²) in [5, 5.41) is 11.6. The predicted molar refractivity (Wildman–Crippen MR) is 74.3 cm³/mol. The van der Waals surface area contributed by atoms with Gasteiger partial charge in [-0.15, -0.1) is 11.8 Å². The second kappa shape index (κ2) is 6.10. The number of thioether (sulfide) groups is 1. The largest absolute Gasteiger partial charge is 0.481 e. The summed E-state index contributed by atoms with van der Waals surface area (Å²) in [4.78, 5) is 23.9. The zero-order valence-electron chi connectivity index (χ0n) is 10.8. The molecule has 0 fully saturated rings. The van der Waals surface area contributed by atoms with Crippen LogP contribution >= 0.6 is 11.8 Å². The summed E-state index contributed by atoms with van der Waals surface area (Å²) >= 11 is 1.69. The number of carbonyl (C=O) groups is 2. The zero-order valence-corrected chi connectivity index (χ0v) is 11.6. The summed E-state index contributed by atoms with van der Waals surface area (Å²) in [5.41, 5.74) is 1.08. The van der Waals surface area contributed by atoms with Gasteiger partial charge in [0.2, 0.25) is 5.91 Å². The molecule has 0 radical (unpaired) electrons. The monoisotopic (exact) mass is 279 g/mol. The van der Waals surface area contributed by atoms with Crippen LogP contribution in [0.5, 0.6) is 0 Å². The third kappa shape index (κ3) is 3.29. The van der Waals surface area contributed by atoms with E-state index in [4.69, 9.17) is 5.11 Å². The highest BCUT2D eigenvalue weighted by molar-refractivity contribution is 7.99. The Bertz CT molecular complexity index is 489. The lowest BCUT2D eigenvalue weighted by atomic mass is 10.0. The number of nitrogens with one attached hydrogen (secondary N) is 1. The minimum absolute atomic E-state index is 0.00459. The molecule has 2 N–H and O–H groups in total. The summed E-state index contributed by atoms with van der Waals surface area (Å²) in [6.07, 6.45) is 0.461. The van der Waals surface area contributed by atoms with Gasteiger partial charge >= 0.3 is 5.97 Å². The number of aliphatic carboxylic acids is 1. The molecule has 0 aliphatic carbocycles. The van der Waals surface area contributed by atoms with Crippen molar-refractivity contribution in [3.8, 4) is 0 Å². The van der Waals surface area contributed by atoms with Gasteiger partial charge in [0, 0.05) is 17.2 Å². The summed E-state index contributed by atoms with van der Waals surface area (Å²) in [7, 11) is 0. The third-order valence-corrected chi connectivity index (χ3v) is 4.50. The highest BCUT2D eigenvalue weighted by atomic mass is 32.2. The van der Waals surface area contributed by atoms with Crippen molar-refractivity contribution in [3.05, 3.63) is 29.8 Å². The fourth-order valence-corrected chi connectivity index (χ4v) is 3.27. The maximum Gasteiger partial charge on any atom is 0.306 e. The maximum absolute atomic E-state index is 12.1. The van der Waals surface area contributed by atoms with Crippen LogP contribution in [0.15, 0.2) is 29.2 Å². The molecule has 2 atom stereocenters. The van der Waals surface area contributed by atoms with Crippen LogP contribution in [-0.2, 0) is 9.59 Å². The van der Waals surface area contributed by atoms with Crippen LogP contribution in [0.1, 0.15) is 24.8 Å². The van der Waals surface area contributed by atoms with Crippen molar-refractivity contribution in [1.29, 1.82) is 0 Å². The molecule has 4 nitrogen and oxygen atoms in total. The summed E-state index contributed by atoms with van der Waals surface area (Å²) in [6, 6.07) is 7.93. The molecule has 0 saturated carbocycles. The smallest absolute Gasteiger partial charge is 0.306 e. The molecule has 0 bridgehead atoms. The van der Waals surface area contributed by atoms with Gasteiger partial charge in [-0.3, -0.25) is 9.59 Å². The molecule has 2 unspecified atom stereocenters. The Morgan fingerprint density at radius 1 is 1.47 bits per heavy atom. The van der Waals surface area contributed by atoms with Gasteiger partial charge in [0.15, 0.2) is 0 Å². The average molecular weight is 279 g/mol. The van der Waals surface area contributed by atoms with Gasteiger partial charge in [0.25, 0.3) is 0 Å². The van der Waals surface area contributed by atoms with Gasteiger partial charge in [0.1, 0.15) is 0 Å². The van der Waals surface area contributed by atoms with Crippen molar-refractivity contribution < 1.29 is 14.7 Å². The van der Waals surface area contributed by atoms with E-state index in [1.165, 1.54) is 4.90 Å². The summed E-state index contributed by atoms with van der Waals surface area (Å²) in [6.45, 7) is 2.06. The first-order valence-corrected chi connectivity index (χ1v) is 7.30. The minimum Gasteiger partial charge on any atom is -0.481 e. The van der Waals surface area contributed by atoms with Crippen molar-refractivity contribution in [2.45, 2.75) is 24.2 Å². The highest BCUT2D eigenvalue weighted by Crippen LogP contribution is 2.39. The molecule has 102 valence electrons. The van der Waals surface area contributed by atoms with E-state index < -0.39 is 11.9 Å². The number of fused-ring (bicyclic) bond motifs is 1. The Kier molecular flexibility index (Phi) is 4.47. The quantitative estimate of drug-likeness (QED) is 0.866. The fourth-order valence-electron chi connectivity index (χ4n) is 2.04. The second-order valence-corrected chi connectivity index (χ2v) is 5.78. The van der Waals surface area contributed by atoms with E-state index in [9.17, 15) is 9.59 Å². The first-order valence-electron chi connectivity index (χ1n) is 6.32. The molecular weight excluding hydrogens is 262 g/mol. The minimum atomic E-state index is -0.823. The van der Waals surface area contributed by atoms with E-state index in [1.807, 2.05) is 24.3 Å². The second-order valence-electron chi connectivity index (χ2n) is 4.72. The number of rotatable bonds is 5. The molecule has 5 heteroatoms. The van der Waals surface area contributed by atoms with E-state index in [2.05, 4.69) is 5.32 Å². The van der Waals surface area contributed by atoms with Crippen molar-refractivity contribution in [3.63, 3.8) is 0 Å². The lowest BCUT2D eigenvalue weighted by Crippen LogP contribution is -2.31. The van der Waals surface area contributed by atoms with E-state index in [0.29, 0.717) is 13.0 Å². The first-order chi connectivity index (χ1) is 9.09. The fraction of sp³-hybridized carbons (Fsp3) is 0.429. The molecule has 1 aliphatic heterocycles. The summed E-state index contributed by atoms with van der Waals surface area (Å²) in [5.74, 6) is -0.599. The van der Waals surface area contributed by atoms with Crippen LogP contribution in [0.2, 0.25) is 0 Å². The van der Waals surface area contributed by atoms with Gasteiger partial charge in [-0.1, -0.05) is 25.1 Å². The number of hydrogen-bond acceptors (Lipinski definition) is 3. The molecule has 0 saturated heterocycles.